The molecule has 2 heteroatoms. The van der Waals surface area contributed by atoms with Gasteiger partial charge in [-0.1, -0.05) is 24.1 Å². The summed E-state index contributed by atoms with van der Waals surface area (Å²) in [5.41, 5.74) is -0.586. The summed E-state index contributed by atoms with van der Waals surface area (Å²) in [7, 11) is 0. The van der Waals surface area contributed by atoms with Crippen LogP contribution in [0.2, 0.25) is 0 Å². The molecule has 0 atom stereocenters. The molecule has 0 fully saturated rings. The molecule has 70 valence electrons. The van der Waals surface area contributed by atoms with E-state index < -0.39 is 5.54 Å². The summed E-state index contributed by atoms with van der Waals surface area (Å²) in [5.74, 6) is 2.30. The number of allylic oxidation sites excluding steroid dienone is 3. The third-order valence-electron chi connectivity index (χ3n) is 1.35. The van der Waals surface area contributed by atoms with Gasteiger partial charge < -0.3 is 5.32 Å². The first-order valence-corrected chi connectivity index (χ1v) is 4.11. The zero-order valence-electron chi connectivity index (χ0n) is 8.29. The van der Waals surface area contributed by atoms with Gasteiger partial charge in [0.05, 0.1) is 5.54 Å². The molecule has 0 rings (SSSR count). The van der Waals surface area contributed by atoms with Gasteiger partial charge in [-0.15, -0.1) is 6.42 Å². The lowest BCUT2D eigenvalue weighted by Gasteiger charge is -2.17. The van der Waals surface area contributed by atoms with Crippen molar-refractivity contribution in [3.05, 3.63) is 24.3 Å². The highest BCUT2D eigenvalue weighted by molar-refractivity contribution is 5.88. The molecule has 0 radical (unpaired) electrons. The third-order valence-corrected chi connectivity index (χ3v) is 1.35. The minimum absolute atomic E-state index is 0.180. The van der Waals surface area contributed by atoms with Gasteiger partial charge in [0.1, 0.15) is 0 Å². The monoisotopic (exact) mass is 177 g/mol. The molecule has 1 amide bonds. The number of hydrogen-bond acceptors (Lipinski definition) is 1. The summed E-state index contributed by atoms with van der Waals surface area (Å²) in [5, 5.41) is 2.67. The fraction of sp³-hybridized carbons (Fsp3) is 0.364. The van der Waals surface area contributed by atoms with E-state index in [2.05, 4.69) is 11.2 Å². The maximum atomic E-state index is 11.2. The molecule has 0 saturated heterocycles. The van der Waals surface area contributed by atoms with Crippen LogP contribution in [0.5, 0.6) is 0 Å². The van der Waals surface area contributed by atoms with Crippen molar-refractivity contribution in [1.29, 1.82) is 0 Å². The second-order valence-electron chi connectivity index (χ2n) is 3.14. The molecule has 0 aliphatic rings. The molecule has 1 N–H and O–H groups in total. The van der Waals surface area contributed by atoms with Crippen LogP contribution in [-0.4, -0.2) is 11.4 Å². The maximum absolute atomic E-state index is 11.2. The highest BCUT2D eigenvalue weighted by Gasteiger charge is 2.14. The van der Waals surface area contributed by atoms with Gasteiger partial charge in [-0.25, -0.2) is 0 Å². The fourth-order valence-electron chi connectivity index (χ4n) is 0.640. The first kappa shape index (κ1) is 11.5. The van der Waals surface area contributed by atoms with Gasteiger partial charge in [-0.3, -0.25) is 4.79 Å². The average Bonchev–Trinajstić information content (AvgIpc) is 2.04. The van der Waals surface area contributed by atoms with Crippen LogP contribution in [0.15, 0.2) is 24.3 Å². The van der Waals surface area contributed by atoms with E-state index in [1.807, 2.05) is 13.0 Å². The van der Waals surface area contributed by atoms with Gasteiger partial charge in [0, 0.05) is 6.08 Å². The van der Waals surface area contributed by atoms with Crippen LogP contribution in [0, 0.1) is 12.3 Å². The summed E-state index contributed by atoms with van der Waals surface area (Å²) in [6.07, 6.45) is 11.9. The Labute approximate surface area is 79.7 Å². The van der Waals surface area contributed by atoms with Crippen LogP contribution in [0.3, 0.4) is 0 Å². The minimum atomic E-state index is -0.586. The molecule has 0 saturated carbocycles. The molecular weight excluding hydrogens is 162 g/mol. The van der Waals surface area contributed by atoms with Crippen LogP contribution in [0.4, 0.5) is 0 Å². The first-order valence-electron chi connectivity index (χ1n) is 4.11. The van der Waals surface area contributed by atoms with Crippen molar-refractivity contribution < 1.29 is 4.79 Å². The standard InChI is InChI=1S/C11H15NO/c1-5-7-8-9-10(13)12-11(3,4)6-2/h2,5,7-9H,1,3-4H3,(H,12,13)/b7-5+,9-8+. The third kappa shape index (κ3) is 5.75. The number of carbonyl (C=O) groups excluding carboxylic acids is 1. The second-order valence-corrected chi connectivity index (χ2v) is 3.14. The Bertz CT molecular complexity index is 266. The number of amides is 1. The normalized spacial score (nSPS) is 11.8. The second kappa shape index (κ2) is 5.21. The Balaban J connectivity index is 4.11. The molecule has 0 aromatic rings. The van der Waals surface area contributed by atoms with E-state index in [0.29, 0.717) is 0 Å². The molecular formula is C11H15NO. The summed E-state index contributed by atoms with van der Waals surface area (Å²) < 4.78 is 0. The van der Waals surface area contributed by atoms with Crippen molar-refractivity contribution in [2.45, 2.75) is 26.3 Å². The molecule has 0 heterocycles. The van der Waals surface area contributed by atoms with E-state index in [1.165, 1.54) is 6.08 Å². The highest BCUT2D eigenvalue weighted by atomic mass is 16.1. The van der Waals surface area contributed by atoms with Crippen molar-refractivity contribution >= 4 is 5.91 Å². The smallest absolute Gasteiger partial charge is 0.245 e. The minimum Gasteiger partial charge on any atom is -0.337 e. The van der Waals surface area contributed by atoms with Crippen LogP contribution in [0.1, 0.15) is 20.8 Å². The van der Waals surface area contributed by atoms with Crippen molar-refractivity contribution in [2.24, 2.45) is 0 Å². The number of carbonyl (C=O) groups is 1. The first-order chi connectivity index (χ1) is 6.02. The topological polar surface area (TPSA) is 29.1 Å². The van der Waals surface area contributed by atoms with Crippen LogP contribution in [0.25, 0.3) is 0 Å². The highest BCUT2D eigenvalue weighted by Crippen LogP contribution is 1.98. The predicted molar refractivity (Wildman–Crippen MR) is 55.0 cm³/mol. The lowest BCUT2D eigenvalue weighted by molar-refractivity contribution is -0.117. The largest absolute Gasteiger partial charge is 0.337 e. The Morgan fingerprint density at radius 3 is 2.54 bits per heavy atom. The molecule has 0 aliphatic heterocycles. The van der Waals surface area contributed by atoms with E-state index in [-0.39, 0.29) is 5.91 Å². The van der Waals surface area contributed by atoms with Gasteiger partial charge in [0.25, 0.3) is 0 Å². The van der Waals surface area contributed by atoms with E-state index in [0.717, 1.165) is 0 Å². The Morgan fingerprint density at radius 2 is 2.08 bits per heavy atom. The van der Waals surface area contributed by atoms with Crippen molar-refractivity contribution in [3.8, 4) is 12.3 Å². The van der Waals surface area contributed by atoms with Gasteiger partial charge in [0.2, 0.25) is 5.91 Å². The average molecular weight is 177 g/mol. The van der Waals surface area contributed by atoms with Gasteiger partial charge >= 0.3 is 0 Å². The van der Waals surface area contributed by atoms with Gasteiger partial charge in [-0.05, 0) is 20.8 Å². The van der Waals surface area contributed by atoms with Crippen LogP contribution >= 0.6 is 0 Å². The van der Waals surface area contributed by atoms with E-state index in [4.69, 9.17) is 6.42 Å². The molecule has 0 spiro atoms. The molecule has 0 aromatic carbocycles. The van der Waals surface area contributed by atoms with Gasteiger partial charge in [0.15, 0.2) is 0 Å². The lowest BCUT2D eigenvalue weighted by atomic mass is 10.1. The Morgan fingerprint density at radius 1 is 1.46 bits per heavy atom. The SMILES string of the molecule is C#CC(C)(C)NC(=O)/C=C/C=C/C. The molecule has 2 nitrogen and oxygen atoms in total. The number of hydrogen-bond donors (Lipinski definition) is 1. The molecule has 0 unspecified atom stereocenters. The predicted octanol–water partition coefficient (Wildman–Crippen LogP) is 1.65. The molecule has 0 aromatic heterocycles. The van der Waals surface area contributed by atoms with E-state index in [1.54, 1.807) is 26.0 Å². The summed E-state index contributed by atoms with van der Waals surface area (Å²) in [6.45, 7) is 5.43. The quantitative estimate of drug-likeness (QED) is 0.396. The van der Waals surface area contributed by atoms with E-state index in [9.17, 15) is 4.79 Å². The Kier molecular flexibility index (Phi) is 4.61. The van der Waals surface area contributed by atoms with Crippen LogP contribution < -0.4 is 5.32 Å². The van der Waals surface area contributed by atoms with Crippen LogP contribution in [-0.2, 0) is 4.79 Å². The maximum Gasteiger partial charge on any atom is 0.245 e. The zero-order valence-corrected chi connectivity index (χ0v) is 8.29. The number of terminal acetylenes is 1. The fourth-order valence-corrected chi connectivity index (χ4v) is 0.640. The zero-order chi connectivity index (χ0) is 10.3. The molecule has 0 aliphatic carbocycles. The van der Waals surface area contributed by atoms with Crippen molar-refractivity contribution in [2.75, 3.05) is 0 Å². The molecule has 13 heavy (non-hydrogen) atoms. The summed E-state index contributed by atoms with van der Waals surface area (Å²) in [6, 6.07) is 0. The van der Waals surface area contributed by atoms with Crippen molar-refractivity contribution in [3.63, 3.8) is 0 Å². The van der Waals surface area contributed by atoms with E-state index >= 15 is 0 Å². The summed E-state index contributed by atoms with van der Waals surface area (Å²) in [4.78, 5) is 11.2. The lowest BCUT2D eigenvalue weighted by Crippen LogP contribution is -2.41. The number of rotatable bonds is 3. The summed E-state index contributed by atoms with van der Waals surface area (Å²) >= 11 is 0. The Hall–Kier alpha value is -1.49. The molecule has 0 bridgehead atoms. The number of nitrogens with one attached hydrogen (secondary N) is 1. The van der Waals surface area contributed by atoms with Gasteiger partial charge in [-0.2, -0.15) is 0 Å². The van der Waals surface area contributed by atoms with Crippen molar-refractivity contribution in [1.82, 2.24) is 5.32 Å².